The van der Waals surface area contributed by atoms with E-state index in [1.54, 1.807) is 6.07 Å². The zero-order valence-electron chi connectivity index (χ0n) is 10.1. The Bertz CT molecular complexity index is 364. The largest absolute Gasteiger partial charge is 0.492 e. The molecule has 1 aliphatic rings. The Kier molecular flexibility index (Phi) is 4.20. The van der Waals surface area contributed by atoms with Crippen molar-refractivity contribution < 1.29 is 9.13 Å². The first-order chi connectivity index (χ1) is 8.29. The predicted octanol–water partition coefficient (Wildman–Crippen LogP) is 2.39. The minimum atomic E-state index is -0.263. The van der Waals surface area contributed by atoms with Gasteiger partial charge in [0.25, 0.3) is 0 Å². The second-order valence-electron chi connectivity index (χ2n) is 4.26. The second-order valence-corrected chi connectivity index (χ2v) is 4.26. The van der Waals surface area contributed by atoms with Crippen molar-refractivity contribution in [2.45, 2.75) is 25.8 Å². The van der Waals surface area contributed by atoms with Crippen LogP contribution >= 0.6 is 0 Å². The molecule has 0 aromatic heterocycles. The number of anilines is 1. The third-order valence-electron chi connectivity index (χ3n) is 2.90. The fourth-order valence-corrected chi connectivity index (χ4v) is 2.09. The lowest BCUT2D eigenvalue weighted by molar-refractivity contribution is 0.339. The molecule has 4 heteroatoms. The summed E-state index contributed by atoms with van der Waals surface area (Å²) < 4.78 is 18.6. The van der Waals surface area contributed by atoms with Gasteiger partial charge < -0.3 is 15.4 Å². The average molecular weight is 238 g/mol. The minimum Gasteiger partial charge on any atom is -0.492 e. The molecule has 0 amide bonds. The molecule has 0 aliphatic carbocycles. The Morgan fingerprint density at radius 3 is 3.12 bits per heavy atom. The van der Waals surface area contributed by atoms with Crippen LogP contribution in [0.25, 0.3) is 0 Å². The minimum absolute atomic E-state index is 0.263. The maximum atomic E-state index is 13.1. The van der Waals surface area contributed by atoms with Crippen LogP contribution in [0.1, 0.15) is 19.8 Å². The molecule has 0 saturated carbocycles. The SMILES string of the molecule is CCOc1cc(F)ccc1NC1CCCNC1. The summed E-state index contributed by atoms with van der Waals surface area (Å²) in [6.07, 6.45) is 2.30. The molecule has 1 aliphatic heterocycles. The zero-order chi connectivity index (χ0) is 12.1. The third-order valence-corrected chi connectivity index (χ3v) is 2.90. The highest BCUT2D eigenvalue weighted by molar-refractivity contribution is 5.57. The first-order valence-corrected chi connectivity index (χ1v) is 6.19. The van der Waals surface area contributed by atoms with E-state index in [9.17, 15) is 4.39 Å². The number of rotatable bonds is 4. The molecule has 1 aromatic carbocycles. The van der Waals surface area contributed by atoms with Crippen LogP contribution in [-0.2, 0) is 0 Å². The van der Waals surface area contributed by atoms with Gasteiger partial charge in [0.15, 0.2) is 0 Å². The Balaban J connectivity index is 2.07. The van der Waals surface area contributed by atoms with E-state index >= 15 is 0 Å². The lowest BCUT2D eigenvalue weighted by atomic mass is 10.1. The molecular formula is C13H19FN2O. The van der Waals surface area contributed by atoms with Crippen molar-refractivity contribution in [1.82, 2.24) is 5.32 Å². The van der Waals surface area contributed by atoms with Crippen LogP contribution < -0.4 is 15.4 Å². The molecule has 94 valence electrons. The van der Waals surface area contributed by atoms with Crippen LogP contribution in [0.5, 0.6) is 5.75 Å². The van der Waals surface area contributed by atoms with E-state index in [-0.39, 0.29) is 5.82 Å². The molecule has 1 saturated heterocycles. The van der Waals surface area contributed by atoms with Crippen LogP contribution in [0.4, 0.5) is 10.1 Å². The molecule has 1 atom stereocenters. The van der Waals surface area contributed by atoms with Crippen molar-refractivity contribution in [2.75, 3.05) is 25.0 Å². The van der Waals surface area contributed by atoms with E-state index in [2.05, 4.69) is 10.6 Å². The van der Waals surface area contributed by atoms with Crippen molar-refractivity contribution in [3.63, 3.8) is 0 Å². The molecule has 1 aromatic rings. The smallest absolute Gasteiger partial charge is 0.145 e. The van der Waals surface area contributed by atoms with Gasteiger partial charge in [-0.3, -0.25) is 0 Å². The average Bonchev–Trinajstić information content (AvgIpc) is 2.34. The predicted molar refractivity (Wildman–Crippen MR) is 67.1 cm³/mol. The van der Waals surface area contributed by atoms with E-state index < -0.39 is 0 Å². The standard InChI is InChI=1S/C13H19FN2O/c1-2-17-13-8-10(14)5-6-12(13)16-11-4-3-7-15-9-11/h5-6,8,11,15-16H,2-4,7,9H2,1H3. The summed E-state index contributed by atoms with van der Waals surface area (Å²) in [5.41, 5.74) is 0.877. The molecule has 17 heavy (non-hydrogen) atoms. The van der Waals surface area contributed by atoms with Gasteiger partial charge in [-0.05, 0) is 38.4 Å². The quantitative estimate of drug-likeness (QED) is 0.845. The number of benzene rings is 1. The monoisotopic (exact) mass is 238 g/mol. The number of hydrogen-bond acceptors (Lipinski definition) is 3. The van der Waals surface area contributed by atoms with Crippen molar-refractivity contribution in [3.05, 3.63) is 24.0 Å². The van der Waals surface area contributed by atoms with Gasteiger partial charge in [-0.2, -0.15) is 0 Å². The summed E-state index contributed by atoms with van der Waals surface area (Å²) in [4.78, 5) is 0. The van der Waals surface area contributed by atoms with Crippen LogP contribution in [0.15, 0.2) is 18.2 Å². The van der Waals surface area contributed by atoms with E-state index in [1.807, 2.05) is 6.92 Å². The molecule has 1 heterocycles. The summed E-state index contributed by atoms with van der Waals surface area (Å²) >= 11 is 0. The van der Waals surface area contributed by atoms with Crippen LogP contribution in [0, 0.1) is 5.82 Å². The van der Waals surface area contributed by atoms with Gasteiger partial charge in [-0.25, -0.2) is 4.39 Å². The molecular weight excluding hydrogens is 219 g/mol. The fourth-order valence-electron chi connectivity index (χ4n) is 2.09. The maximum Gasteiger partial charge on any atom is 0.145 e. The van der Waals surface area contributed by atoms with Crippen molar-refractivity contribution in [1.29, 1.82) is 0 Å². The van der Waals surface area contributed by atoms with Crippen molar-refractivity contribution in [3.8, 4) is 5.75 Å². The van der Waals surface area contributed by atoms with Gasteiger partial charge in [0.2, 0.25) is 0 Å². The molecule has 2 N–H and O–H groups in total. The highest BCUT2D eigenvalue weighted by Gasteiger charge is 2.14. The molecule has 0 bridgehead atoms. The van der Waals surface area contributed by atoms with E-state index in [0.717, 1.165) is 25.2 Å². The summed E-state index contributed by atoms with van der Waals surface area (Å²) in [6, 6.07) is 5.03. The lowest BCUT2D eigenvalue weighted by Gasteiger charge is -2.25. The fraction of sp³-hybridized carbons (Fsp3) is 0.538. The molecule has 0 radical (unpaired) electrons. The summed E-state index contributed by atoms with van der Waals surface area (Å²) in [7, 11) is 0. The third kappa shape index (κ3) is 3.33. The van der Waals surface area contributed by atoms with Crippen LogP contribution in [0.2, 0.25) is 0 Å². The van der Waals surface area contributed by atoms with Crippen molar-refractivity contribution in [2.24, 2.45) is 0 Å². The van der Waals surface area contributed by atoms with Gasteiger partial charge in [0.1, 0.15) is 11.6 Å². The highest BCUT2D eigenvalue weighted by Crippen LogP contribution is 2.26. The Hall–Kier alpha value is -1.29. The Morgan fingerprint density at radius 2 is 2.41 bits per heavy atom. The number of ether oxygens (including phenoxy) is 1. The van der Waals surface area contributed by atoms with E-state index in [4.69, 9.17) is 4.74 Å². The number of hydrogen-bond donors (Lipinski definition) is 2. The highest BCUT2D eigenvalue weighted by atomic mass is 19.1. The van der Waals surface area contributed by atoms with Gasteiger partial charge in [-0.15, -0.1) is 0 Å². The molecule has 1 fully saturated rings. The van der Waals surface area contributed by atoms with Crippen molar-refractivity contribution >= 4 is 5.69 Å². The normalized spacial score (nSPS) is 20.0. The molecule has 0 spiro atoms. The zero-order valence-corrected chi connectivity index (χ0v) is 10.1. The topological polar surface area (TPSA) is 33.3 Å². The second kappa shape index (κ2) is 5.87. The molecule has 3 nitrogen and oxygen atoms in total. The summed E-state index contributed by atoms with van der Waals surface area (Å²) in [6.45, 7) is 4.47. The van der Waals surface area contributed by atoms with Gasteiger partial charge in [0, 0.05) is 18.7 Å². The van der Waals surface area contributed by atoms with Gasteiger partial charge >= 0.3 is 0 Å². The van der Waals surface area contributed by atoms with E-state index in [1.165, 1.54) is 18.6 Å². The first kappa shape index (κ1) is 12.2. The number of piperidine rings is 1. The Labute approximate surface area is 101 Å². The van der Waals surface area contributed by atoms with Gasteiger partial charge in [0.05, 0.1) is 12.3 Å². The molecule has 1 unspecified atom stereocenters. The lowest BCUT2D eigenvalue weighted by Crippen LogP contribution is -2.38. The first-order valence-electron chi connectivity index (χ1n) is 6.19. The summed E-state index contributed by atoms with van der Waals surface area (Å²) in [5.74, 6) is 0.332. The Morgan fingerprint density at radius 1 is 1.53 bits per heavy atom. The molecule has 2 rings (SSSR count). The maximum absolute atomic E-state index is 13.1. The number of halogens is 1. The van der Waals surface area contributed by atoms with Gasteiger partial charge in [-0.1, -0.05) is 0 Å². The van der Waals surface area contributed by atoms with Crippen LogP contribution in [0.3, 0.4) is 0 Å². The van der Waals surface area contributed by atoms with Crippen LogP contribution in [-0.4, -0.2) is 25.7 Å². The van der Waals surface area contributed by atoms with E-state index in [0.29, 0.717) is 18.4 Å². The number of nitrogens with one attached hydrogen (secondary N) is 2. The summed E-state index contributed by atoms with van der Waals surface area (Å²) in [5, 5.41) is 6.75.